The maximum atomic E-state index is 5.66. The zero-order valence-corrected chi connectivity index (χ0v) is 11.8. The highest BCUT2D eigenvalue weighted by atomic mass is 32.2. The fourth-order valence-electron chi connectivity index (χ4n) is 2.51. The van der Waals surface area contributed by atoms with Crippen LogP contribution < -0.4 is 11.3 Å². The first kappa shape index (κ1) is 15.1. The maximum Gasteiger partial charge on any atom is 0.0213 e. The van der Waals surface area contributed by atoms with Crippen LogP contribution in [0.2, 0.25) is 0 Å². The molecule has 100 valence electrons. The summed E-state index contributed by atoms with van der Waals surface area (Å²) in [6.45, 7) is 3.75. The molecule has 0 saturated carbocycles. The normalized spacial score (nSPS) is 19.1. The van der Waals surface area contributed by atoms with Crippen molar-refractivity contribution in [2.24, 2.45) is 11.8 Å². The lowest BCUT2D eigenvalue weighted by atomic mass is 9.92. The van der Waals surface area contributed by atoms with Crippen molar-refractivity contribution in [2.45, 2.75) is 57.4 Å². The monoisotopic (exact) mass is 256 g/mol. The second kappa shape index (κ2) is 9.98. The fourth-order valence-corrected chi connectivity index (χ4v) is 3.71. The van der Waals surface area contributed by atoms with Gasteiger partial charge in [0, 0.05) is 6.04 Å². The Labute approximate surface area is 111 Å². The van der Waals surface area contributed by atoms with Crippen molar-refractivity contribution in [3.05, 3.63) is 12.7 Å². The average molecular weight is 256 g/mol. The van der Waals surface area contributed by atoms with E-state index in [-0.39, 0.29) is 0 Å². The van der Waals surface area contributed by atoms with Crippen LogP contribution in [-0.4, -0.2) is 17.5 Å². The van der Waals surface area contributed by atoms with E-state index < -0.39 is 0 Å². The lowest BCUT2D eigenvalue weighted by molar-refractivity contribution is 0.346. The third-order valence-corrected chi connectivity index (χ3v) is 4.70. The van der Waals surface area contributed by atoms with Gasteiger partial charge in [-0.05, 0) is 55.9 Å². The Kier molecular flexibility index (Phi) is 8.85. The summed E-state index contributed by atoms with van der Waals surface area (Å²) in [5, 5.41) is 0. The van der Waals surface area contributed by atoms with Gasteiger partial charge < -0.3 is 0 Å². The Hall–Kier alpha value is 0.01000. The fraction of sp³-hybridized carbons (Fsp3) is 0.857. The second-order valence-corrected chi connectivity index (χ2v) is 6.31. The van der Waals surface area contributed by atoms with Gasteiger partial charge in [-0.2, -0.15) is 11.8 Å². The van der Waals surface area contributed by atoms with Crippen LogP contribution in [0, 0.1) is 5.92 Å². The van der Waals surface area contributed by atoms with E-state index in [9.17, 15) is 0 Å². The molecule has 1 aliphatic heterocycles. The summed E-state index contributed by atoms with van der Waals surface area (Å²) in [4.78, 5) is 0. The molecular formula is C14H28N2S. The number of hydrogen-bond donors (Lipinski definition) is 2. The Morgan fingerprint density at radius 1 is 1.29 bits per heavy atom. The van der Waals surface area contributed by atoms with Gasteiger partial charge in [0.05, 0.1) is 0 Å². The van der Waals surface area contributed by atoms with Gasteiger partial charge >= 0.3 is 0 Å². The van der Waals surface area contributed by atoms with E-state index in [1.54, 1.807) is 0 Å². The number of hydrogen-bond acceptors (Lipinski definition) is 3. The zero-order valence-electron chi connectivity index (χ0n) is 11.0. The molecule has 0 amide bonds. The summed E-state index contributed by atoms with van der Waals surface area (Å²) in [6, 6.07) is 0.534. The summed E-state index contributed by atoms with van der Waals surface area (Å²) >= 11 is 2.10. The van der Waals surface area contributed by atoms with E-state index in [0.29, 0.717) is 6.04 Å². The topological polar surface area (TPSA) is 38.0 Å². The Morgan fingerprint density at radius 3 is 2.71 bits per heavy atom. The van der Waals surface area contributed by atoms with Crippen molar-refractivity contribution in [3.8, 4) is 0 Å². The molecule has 0 aromatic carbocycles. The van der Waals surface area contributed by atoms with Gasteiger partial charge in [-0.15, -0.1) is 6.58 Å². The van der Waals surface area contributed by atoms with E-state index in [1.807, 2.05) is 6.08 Å². The predicted octanol–water partition coefficient (Wildman–Crippen LogP) is 3.49. The Morgan fingerprint density at radius 2 is 2.06 bits per heavy atom. The van der Waals surface area contributed by atoms with Gasteiger partial charge in [0.15, 0.2) is 0 Å². The number of nitrogens with one attached hydrogen (secondary N) is 1. The lowest BCUT2D eigenvalue weighted by Crippen LogP contribution is -2.37. The van der Waals surface area contributed by atoms with Crippen molar-refractivity contribution < 1.29 is 0 Å². The van der Waals surface area contributed by atoms with Crippen molar-refractivity contribution in [1.29, 1.82) is 0 Å². The third kappa shape index (κ3) is 7.12. The number of rotatable bonds is 9. The summed E-state index contributed by atoms with van der Waals surface area (Å²) in [5.41, 5.74) is 3.01. The third-order valence-electron chi connectivity index (χ3n) is 3.66. The molecular weight excluding hydrogens is 228 g/mol. The first-order chi connectivity index (χ1) is 8.36. The zero-order chi connectivity index (χ0) is 12.3. The van der Waals surface area contributed by atoms with Gasteiger partial charge in [0.1, 0.15) is 0 Å². The summed E-state index contributed by atoms with van der Waals surface area (Å²) in [7, 11) is 0. The van der Waals surface area contributed by atoms with E-state index in [2.05, 4.69) is 23.8 Å². The molecule has 1 aliphatic rings. The lowest BCUT2D eigenvalue weighted by Gasteiger charge is -2.26. The summed E-state index contributed by atoms with van der Waals surface area (Å²) in [6.07, 6.45) is 12.3. The SMILES string of the molecule is C=CCCCCCC(CC1CCSCC1)NN. The number of unbranched alkanes of at least 4 members (excludes halogenated alkanes) is 3. The van der Waals surface area contributed by atoms with E-state index in [1.165, 1.54) is 56.5 Å². The van der Waals surface area contributed by atoms with Gasteiger partial charge in [-0.25, -0.2) is 0 Å². The molecule has 17 heavy (non-hydrogen) atoms. The highest BCUT2D eigenvalue weighted by Crippen LogP contribution is 2.27. The molecule has 1 saturated heterocycles. The highest BCUT2D eigenvalue weighted by Gasteiger charge is 2.18. The largest absolute Gasteiger partial charge is 0.271 e. The smallest absolute Gasteiger partial charge is 0.0213 e. The van der Waals surface area contributed by atoms with Crippen LogP contribution in [-0.2, 0) is 0 Å². The van der Waals surface area contributed by atoms with Crippen LogP contribution in [0.1, 0.15) is 51.4 Å². The average Bonchev–Trinajstić information content (AvgIpc) is 2.38. The molecule has 0 radical (unpaired) electrons. The molecule has 0 aliphatic carbocycles. The molecule has 1 rings (SSSR count). The van der Waals surface area contributed by atoms with Crippen molar-refractivity contribution in [3.63, 3.8) is 0 Å². The minimum Gasteiger partial charge on any atom is -0.271 e. The van der Waals surface area contributed by atoms with Gasteiger partial charge in [-0.1, -0.05) is 18.9 Å². The van der Waals surface area contributed by atoms with Gasteiger partial charge in [0.25, 0.3) is 0 Å². The molecule has 1 unspecified atom stereocenters. The standard InChI is InChI=1S/C14H28N2S/c1-2-3-4-5-6-7-14(16-15)12-13-8-10-17-11-9-13/h2,13-14,16H,1,3-12,15H2. The van der Waals surface area contributed by atoms with Crippen LogP contribution in [0.3, 0.4) is 0 Å². The number of thioether (sulfide) groups is 1. The Balaban J connectivity index is 2.07. The Bertz CT molecular complexity index is 191. The first-order valence-corrected chi connectivity index (χ1v) is 8.17. The summed E-state index contributed by atoms with van der Waals surface area (Å²) < 4.78 is 0. The number of nitrogens with two attached hydrogens (primary N) is 1. The minimum atomic E-state index is 0.534. The van der Waals surface area contributed by atoms with Crippen LogP contribution in [0.15, 0.2) is 12.7 Å². The molecule has 0 bridgehead atoms. The van der Waals surface area contributed by atoms with Crippen LogP contribution in [0.4, 0.5) is 0 Å². The predicted molar refractivity (Wildman–Crippen MR) is 79.1 cm³/mol. The molecule has 3 heteroatoms. The second-order valence-electron chi connectivity index (χ2n) is 5.08. The van der Waals surface area contributed by atoms with E-state index in [4.69, 9.17) is 5.84 Å². The highest BCUT2D eigenvalue weighted by molar-refractivity contribution is 7.99. The van der Waals surface area contributed by atoms with E-state index in [0.717, 1.165) is 12.3 Å². The molecule has 3 N–H and O–H groups in total. The summed E-state index contributed by atoms with van der Waals surface area (Å²) in [5.74, 6) is 9.26. The molecule has 0 spiro atoms. The van der Waals surface area contributed by atoms with Gasteiger partial charge in [-0.3, -0.25) is 11.3 Å². The van der Waals surface area contributed by atoms with Crippen LogP contribution >= 0.6 is 11.8 Å². The van der Waals surface area contributed by atoms with Crippen LogP contribution in [0.5, 0.6) is 0 Å². The maximum absolute atomic E-state index is 5.66. The first-order valence-electron chi connectivity index (χ1n) is 7.01. The molecule has 1 heterocycles. The van der Waals surface area contributed by atoms with Crippen LogP contribution in [0.25, 0.3) is 0 Å². The molecule has 0 aromatic rings. The minimum absolute atomic E-state index is 0.534. The van der Waals surface area contributed by atoms with E-state index >= 15 is 0 Å². The number of allylic oxidation sites excluding steroid dienone is 1. The number of hydrazine groups is 1. The van der Waals surface area contributed by atoms with Crippen molar-refractivity contribution in [1.82, 2.24) is 5.43 Å². The molecule has 2 nitrogen and oxygen atoms in total. The molecule has 1 fully saturated rings. The van der Waals surface area contributed by atoms with Crippen molar-refractivity contribution >= 4 is 11.8 Å². The quantitative estimate of drug-likeness (QED) is 0.287. The van der Waals surface area contributed by atoms with Gasteiger partial charge in [0.2, 0.25) is 0 Å². The molecule has 1 atom stereocenters. The molecule has 0 aromatic heterocycles. The van der Waals surface area contributed by atoms with Crippen molar-refractivity contribution in [2.75, 3.05) is 11.5 Å².